The Balaban J connectivity index is 2.19. The van der Waals surface area contributed by atoms with Crippen molar-refractivity contribution in [3.05, 3.63) is 60.7 Å². The SMILES string of the molecule is COC(OC)(OC)O[Si](CCCN(c1ccccc1)c1ccccc1)(OC)OCCCCN. The minimum absolute atomic E-state index is 0.464. The number of ether oxygens (including phenoxy) is 3. The summed E-state index contributed by atoms with van der Waals surface area (Å²) in [5.41, 5.74) is 7.85. The molecule has 1 unspecified atom stereocenters. The van der Waals surface area contributed by atoms with Crippen molar-refractivity contribution in [2.45, 2.75) is 31.5 Å². The van der Waals surface area contributed by atoms with Crippen LogP contribution in [0.5, 0.6) is 0 Å². The highest BCUT2D eigenvalue weighted by atomic mass is 28.4. The van der Waals surface area contributed by atoms with Crippen molar-refractivity contribution in [1.29, 1.82) is 0 Å². The Kier molecular flexibility index (Phi) is 12.0. The van der Waals surface area contributed by atoms with E-state index in [1.807, 2.05) is 36.4 Å². The first-order valence-electron chi connectivity index (χ1n) is 11.2. The Morgan fingerprint density at radius 1 is 0.788 bits per heavy atom. The van der Waals surface area contributed by atoms with Gasteiger partial charge in [0, 0.05) is 59.0 Å². The molecule has 0 aliphatic heterocycles. The number of methoxy groups -OCH3 is 3. The molecule has 0 aliphatic carbocycles. The summed E-state index contributed by atoms with van der Waals surface area (Å²) in [6, 6.07) is 21.1. The van der Waals surface area contributed by atoms with Gasteiger partial charge in [-0.15, -0.1) is 0 Å². The second kappa shape index (κ2) is 14.4. The molecule has 2 aromatic rings. The van der Waals surface area contributed by atoms with Gasteiger partial charge in [0.05, 0.1) is 0 Å². The summed E-state index contributed by atoms with van der Waals surface area (Å²) in [4.78, 5) is 2.26. The maximum Gasteiger partial charge on any atom is 0.506 e. The molecule has 2 aromatic carbocycles. The summed E-state index contributed by atoms with van der Waals surface area (Å²) < 4.78 is 34.4. The Morgan fingerprint density at radius 3 is 1.79 bits per heavy atom. The topological polar surface area (TPSA) is 84.6 Å². The first kappa shape index (κ1) is 27.4. The molecule has 0 amide bonds. The molecule has 0 saturated heterocycles. The van der Waals surface area contributed by atoms with Crippen molar-refractivity contribution in [1.82, 2.24) is 0 Å². The van der Waals surface area contributed by atoms with Crippen molar-refractivity contribution in [3.8, 4) is 0 Å². The van der Waals surface area contributed by atoms with Crippen LogP contribution < -0.4 is 10.6 Å². The first-order chi connectivity index (χ1) is 16.1. The summed E-state index contributed by atoms with van der Waals surface area (Å²) in [6.45, 7) is 1.81. The minimum atomic E-state index is -3.23. The van der Waals surface area contributed by atoms with E-state index in [4.69, 9.17) is 33.2 Å². The van der Waals surface area contributed by atoms with Gasteiger partial charge >= 0.3 is 15.0 Å². The minimum Gasteiger partial charge on any atom is -0.377 e. The normalized spacial score (nSPS) is 13.6. The van der Waals surface area contributed by atoms with Gasteiger partial charge in [-0.05, 0) is 50.1 Å². The highest BCUT2D eigenvalue weighted by Gasteiger charge is 2.50. The predicted molar refractivity (Wildman–Crippen MR) is 131 cm³/mol. The molecule has 1 atom stereocenters. The van der Waals surface area contributed by atoms with Crippen LogP contribution >= 0.6 is 0 Å². The van der Waals surface area contributed by atoms with Crippen molar-refractivity contribution in [2.75, 3.05) is 53.0 Å². The lowest BCUT2D eigenvalue weighted by Gasteiger charge is -2.37. The molecule has 0 heterocycles. The van der Waals surface area contributed by atoms with Gasteiger partial charge < -0.3 is 33.7 Å². The molecule has 0 radical (unpaired) electrons. The lowest BCUT2D eigenvalue weighted by atomic mass is 10.2. The highest BCUT2D eigenvalue weighted by molar-refractivity contribution is 6.60. The van der Waals surface area contributed by atoms with E-state index in [1.54, 1.807) is 7.11 Å². The number of hydrogen-bond donors (Lipinski definition) is 1. The maximum absolute atomic E-state index is 6.22. The Bertz CT molecular complexity index is 718. The molecule has 0 saturated carbocycles. The number of hydrogen-bond acceptors (Lipinski definition) is 8. The van der Waals surface area contributed by atoms with Crippen LogP contribution in [0.2, 0.25) is 6.04 Å². The number of anilines is 2. The fraction of sp³-hybridized carbons (Fsp3) is 0.500. The molecule has 2 N–H and O–H groups in total. The molecule has 0 spiro atoms. The Hall–Kier alpha value is -1.82. The molecule has 2 rings (SSSR count). The van der Waals surface area contributed by atoms with Crippen LogP contribution in [0, 0.1) is 0 Å². The van der Waals surface area contributed by atoms with E-state index in [1.165, 1.54) is 21.3 Å². The average molecular weight is 479 g/mol. The van der Waals surface area contributed by atoms with E-state index < -0.39 is 15.0 Å². The molecular formula is C24H38N2O6Si. The van der Waals surface area contributed by atoms with Crippen molar-refractivity contribution >= 4 is 20.2 Å². The molecule has 184 valence electrons. The second-order valence-electron chi connectivity index (χ2n) is 7.37. The van der Waals surface area contributed by atoms with Gasteiger partial charge in [0.2, 0.25) is 0 Å². The van der Waals surface area contributed by atoms with Crippen molar-refractivity contribution in [2.24, 2.45) is 5.73 Å². The molecule has 9 heteroatoms. The summed E-state index contributed by atoms with van der Waals surface area (Å²) in [7, 11) is 2.70. The highest BCUT2D eigenvalue weighted by Crippen LogP contribution is 2.29. The van der Waals surface area contributed by atoms with Gasteiger partial charge in [-0.25, -0.2) is 0 Å². The molecule has 0 bridgehead atoms. The van der Waals surface area contributed by atoms with Gasteiger partial charge in [-0.2, -0.15) is 0 Å². The third kappa shape index (κ3) is 8.16. The van der Waals surface area contributed by atoms with E-state index in [0.29, 0.717) is 19.2 Å². The van der Waals surface area contributed by atoms with Crippen LogP contribution in [0.3, 0.4) is 0 Å². The standard InChI is InChI=1S/C24H38N2O6Si/c1-27-24(28-2,29-3)32-33(30-4,31-20-12-11-18-25)21-13-19-26(22-14-7-5-8-15-22)23-16-9-6-10-17-23/h5-10,14-17H,11-13,18-21,25H2,1-4H3. The van der Waals surface area contributed by atoms with Gasteiger partial charge in [-0.1, -0.05) is 36.4 Å². The summed E-state index contributed by atoms with van der Waals surface area (Å²) in [5.74, 6) is 0. The van der Waals surface area contributed by atoms with Crippen LogP contribution in [0.1, 0.15) is 19.3 Å². The van der Waals surface area contributed by atoms with Gasteiger partial charge in [-0.3, -0.25) is 4.43 Å². The second-order valence-corrected chi connectivity index (χ2v) is 10.1. The van der Waals surface area contributed by atoms with Gasteiger partial charge in [0.15, 0.2) is 0 Å². The average Bonchev–Trinajstić information content (AvgIpc) is 2.88. The molecule has 0 fully saturated rings. The third-order valence-electron chi connectivity index (χ3n) is 5.26. The number of unbranched alkanes of at least 4 members (excludes halogenated alkanes) is 1. The summed E-state index contributed by atoms with van der Waals surface area (Å²) in [5, 5.41) is 0. The molecule has 8 nitrogen and oxygen atoms in total. The quantitative estimate of drug-likeness (QED) is 0.206. The van der Waals surface area contributed by atoms with E-state index in [2.05, 4.69) is 29.2 Å². The first-order valence-corrected chi connectivity index (χ1v) is 13.1. The number of nitrogens with zero attached hydrogens (tertiary/aromatic N) is 1. The van der Waals surface area contributed by atoms with Gasteiger partial charge in [0.1, 0.15) is 0 Å². The van der Waals surface area contributed by atoms with Crippen molar-refractivity contribution < 1.29 is 27.5 Å². The van der Waals surface area contributed by atoms with Crippen LogP contribution in [0.25, 0.3) is 0 Å². The van der Waals surface area contributed by atoms with E-state index >= 15 is 0 Å². The van der Waals surface area contributed by atoms with Crippen molar-refractivity contribution in [3.63, 3.8) is 0 Å². The summed E-state index contributed by atoms with van der Waals surface area (Å²) >= 11 is 0. The summed E-state index contributed by atoms with van der Waals surface area (Å²) in [6.07, 6.45) is 0.703. The Morgan fingerprint density at radius 2 is 1.33 bits per heavy atom. The lowest BCUT2D eigenvalue weighted by Crippen LogP contribution is -2.55. The van der Waals surface area contributed by atoms with Gasteiger partial charge in [0.25, 0.3) is 0 Å². The fourth-order valence-electron chi connectivity index (χ4n) is 3.47. The number of para-hydroxylation sites is 2. The number of benzene rings is 2. The van der Waals surface area contributed by atoms with Crippen LogP contribution in [-0.2, 0) is 27.5 Å². The molecule has 33 heavy (non-hydrogen) atoms. The number of rotatable bonds is 17. The van der Waals surface area contributed by atoms with E-state index in [-0.39, 0.29) is 0 Å². The predicted octanol–water partition coefficient (Wildman–Crippen LogP) is 4.12. The molecule has 0 aromatic heterocycles. The zero-order valence-corrected chi connectivity index (χ0v) is 21.2. The zero-order chi connectivity index (χ0) is 24.0. The largest absolute Gasteiger partial charge is 0.506 e. The Labute approximate surface area is 198 Å². The van der Waals surface area contributed by atoms with Crippen LogP contribution in [0.15, 0.2) is 60.7 Å². The lowest BCUT2D eigenvalue weighted by molar-refractivity contribution is -0.460. The fourth-order valence-corrected chi connectivity index (χ4v) is 5.86. The van der Waals surface area contributed by atoms with Crippen LogP contribution in [0.4, 0.5) is 11.4 Å². The number of nitrogens with two attached hydrogens (primary N) is 1. The van der Waals surface area contributed by atoms with E-state index in [9.17, 15) is 0 Å². The smallest absolute Gasteiger partial charge is 0.377 e. The third-order valence-corrected chi connectivity index (χ3v) is 8.06. The monoisotopic (exact) mass is 478 g/mol. The molecular weight excluding hydrogens is 440 g/mol. The zero-order valence-electron chi connectivity index (χ0n) is 20.2. The molecule has 0 aliphatic rings. The van der Waals surface area contributed by atoms with Crippen LogP contribution in [-0.4, -0.2) is 63.1 Å². The maximum atomic E-state index is 6.22. The van der Waals surface area contributed by atoms with E-state index in [0.717, 1.165) is 37.2 Å².